The van der Waals surface area contributed by atoms with Crippen molar-refractivity contribution in [2.75, 3.05) is 0 Å². The number of halogens is 2. The molecule has 0 bridgehead atoms. The normalized spacial score (nSPS) is 12.5. The van der Waals surface area contributed by atoms with E-state index in [1.807, 2.05) is 13.8 Å². The Morgan fingerprint density at radius 3 is 2.06 bits per heavy atom. The van der Waals surface area contributed by atoms with Gasteiger partial charge in [0.05, 0.1) is 11.2 Å². The Morgan fingerprint density at radius 2 is 1.71 bits per heavy atom. The van der Waals surface area contributed by atoms with E-state index in [2.05, 4.69) is 0 Å². The van der Waals surface area contributed by atoms with Gasteiger partial charge in [-0.25, -0.2) is 8.78 Å². The van der Waals surface area contributed by atoms with Crippen molar-refractivity contribution in [3.8, 4) is 5.75 Å². The van der Waals surface area contributed by atoms with E-state index in [-0.39, 0.29) is 11.5 Å². The van der Waals surface area contributed by atoms with Crippen molar-refractivity contribution < 1.29 is 19.0 Å². The fraction of sp³-hybridized carbons (Fsp3) is 0.538. The third-order valence-electron chi connectivity index (χ3n) is 2.72. The number of benzene rings is 1. The lowest BCUT2D eigenvalue weighted by atomic mass is 9.89. The van der Waals surface area contributed by atoms with Gasteiger partial charge in [-0.15, -0.1) is 0 Å². The molecule has 0 aliphatic heterocycles. The highest BCUT2D eigenvalue weighted by Crippen LogP contribution is 2.39. The number of rotatable bonds is 3. The molecule has 1 aromatic rings. The molecular weight excluding hydrogens is 226 g/mol. The molecule has 96 valence electrons. The zero-order valence-electron chi connectivity index (χ0n) is 10.5. The molecule has 0 atom stereocenters. The fourth-order valence-corrected chi connectivity index (χ4v) is 1.65. The lowest BCUT2D eigenvalue weighted by Gasteiger charge is -2.23. The Morgan fingerprint density at radius 1 is 1.18 bits per heavy atom. The van der Waals surface area contributed by atoms with E-state index < -0.39 is 23.3 Å². The van der Waals surface area contributed by atoms with Crippen LogP contribution < -0.4 is 0 Å². The third kappa shape index (κ3) is 2.94. The van der Waals surface area contributed by atoms with Gasteiger partial charge in [-0.2, -0.15) is 0 Å². The maximum Gasteiger partial charge on any atom is 0.267 e. The van der Waals surface area contributed by atoms with Crippen LogP contribution in [-0.2, 0) is 5.60 Å². The summed E-state index contributed by atoms with van der Waals surface area (Å²) in [6.45, 7) is 6.66. The van der Waals surface area contributed by atoms with Crippen LogP contribution in [0.2, 0.25) is 0 Å². The second-order valence-corrected chi connectivity index (χ2v) is 5.02. The molecule has 4 heteroatoms. The van der Waals surface area contributed by atoms with Gasteiger partial charge in [0.1, 0.15) is 5.75 Å². The molecule has 0 aromatic heterocycles. The van der Waals surface area contributed by atoms with Gasteiger partial charge in [0.25, 0.3) is 6.43 Å². The molecule has 0 fully saturated rings. The zero-order valence-corrected chi connectivity index (χ0v) is 10.5. The molecule has 0 saturated heterocycles. The van der Waals surface area contributed by atoms with Gasteiger partial charge in [0, 0.05) is 5.56 Å². The summed E-state index contributed by atoms with van der Waals surface area (Å²) in [4.78, 5) is 0. The van der Waals surface area contributed by atoms with E-state index in [0.29, 0.717) is 5.56 Å². The summed E-state index contributed by atoms with van der Waals surface area (Å²) in [5, 5.41) is 19.6. The molecule has 0 radical (unpaired) electrons. The smallest absolute Gasteiger partial charge is 0.267 e. The van der Waals surface area contributed by atoms with Crippen LogP contribution >= 0.6 is 0 Å². The molecule has 0 aliphatic rings. The van der Waals surface area contributed by atoms with Crippen LogP contribution in [0.25, 0.3) is 0 Å². The molecule has 0 saturated carbocycles. The van der Waals surface area contributed by atoms with Crippen molar-refractivity contribution in [1.82, 2.24) is 0 Å². The van der Waals surface area contributed by atoms with Crippen LogP contribution in [0, 0.1) is 0 Å². The van der Waals surface area contributed by atoms with Crippen LogP contribution in [0.5, 0.6) is 5.75 Å². The van der Waals surface area contributed by atoms with Gasteiger partial charge in [0.2, 0.25) is 0 Å². The van der Waals surface area contributed by atoms with Gasteiger partial charge in [0.15, 0.2) is 0 Å². The van der Waals surface area contributed by atoms with Crippen molar-refractivity contribution in [2.24, 2.45) is 0 Å². The number of alkyl halides is 2. The van der Waals surface area contributed by atoms with Crippen LogP contribution in [0.3, 0.4) is 0 Å². The number of phenols is 1. The molecule has 0 aliphatic carbocycles. The molecular formula is C13H18F2O2. The quantitative estimate of drug-likeness (QED) is 0.851. The SMILES string of the molecule is CC(C)c1cc(C(F)F)c(O)c(C(C)(C)O)c1. The monoisotopic (exact) mass is 244 g/mol. The summed E-state index contributed by atoms with van der Waals surface area (Å²) in [5.41, 5.74) is -0.957. The van der Waals surface area contributed by atoms with Crippen molar-refractivity contribution in [1.29, 1.82) is 0 Å². The number of aromatic hydroxyl groups is 1. The Hall–Kier alpha value is -1.16. The summed E-state index contributed by atoms with van der Waals surface area (Å²) in [7, 11) is 0. The lowest BCUT2D eigenvalue weighted by molar-refractivity contribution is 0.0744. The largest absolute Gasteiger partial charge is 0.507 e. The number of hydrogen-bond acceptors (Lipinski definition) is 2. The maximum absolute atomic E-state index is 12.8. The topological polar surface area (TPSA) is 40.5 Å². The molecule has 1 aromatic carbocycles. The van der Waals surface area contributed by atoms with Gasteiger partial charge < -0.3 is 10.2 Å². The van der Waals surface area contributed by atoms with E-state index in [4.69, 9.17) is 0 Å². The molecule has 0 unspecified atom stereocenters. The minimum absolute atomic E-state index is 0.0502. The van der Waals surface area contributed by atoms with Gasteiger partial charge in [-0.1, -0.05) is 13.8 Å². The number of hydrogen-bond donors (Lipinski definition) is 2. The molecule has 2 N–H and O–H groups in total. The predicted molar refractivity (Wildman–Crippen MR) is 62.4 cm³/mol. The summed E-state index contributed by atoms with van der Waals surface area (Å²) in [6, 6.07) is 2.87. The first-order valence-electron chi connectivity index (χ1n) is 5.52. The van der Waals surface area contributed by atoms with Crippen molar-refractivity contribution in [3.05, 3.63) is 28.8 Å². The Balaban J connectivity index is 3.49. The van der Waals surface area contributed by atoms with E-state index in [1.165, 1.54) is 19.9 Å². The fourth-order valence-electron chi connectivity index (χ4n) is 1.65. The average Bonchev–Trinajstić information content (AvgIpc) is 2.15. The van der Waals surface area contributed by atoms with Gasteiger partial charge >= 0.3 is 0 Å². The summed E-state index contributed by atoms with van der Waals surface area (Å²) in [6.07, 6.45) is -2.75. The average molecular weight is 244 g/mol. The molecule has 1 rings (SSSR count). The van der Waals surface area contributed by atoms with Gasteiger partial charge in [-0.05, 0) is 37.5 Å². The van der Waals surface area contributed by atoms with Crippen LogP contribution in [-0.4, -0.2) is 10.2 Å². The summed E-state index contributed by atoms with van der Waals surface area (Å²) in [5.74, 6) is -0.467. The summed E-state index contributed by atoms with van der Waals surface area (Å²) >= 11 is 0. The van der Waals surface area contributed by atoms with E-state index >= 15 is 0 Å². The number of phenolic OH excluding ortho intramolecular Hbond substituents is 1. The highest BCUT2D eigenvalue weighted by molar-refractivity contribution is 5.47. The maximum atomic E-state index is 12.8. The van der Waals surface area contributed by atoms with Crippen molar-refractivity contribution in [3.63, 3.8) is 0 Å². The first-order valence-corrected chi connectivity index (χ1v) is 5.52. The zero-order chi connectivity index (χ0) is 13.4. The standard InChI is InChI=1S/C13H18F2O2/c1-7(2)8-5-9(12(14)15)11(16)10(6-8)13(3,4)17/h5-7,12,16-17H,1-4H3. The first kappa shape index (κ1) is 13.9. The predicted octanol–water partition coefficient (Wildman–Crippen LogP) is 3.68. The minimum atomic E-state index is -2.75. The highest BCUT2D eigenvalue weighted by atomic mass is 19.3. The molecule has 2 nitrogen and oxygen atoms in total. The molecule has 0 heterocycles. The van der Waals surface area contributed by atoms with Crippen molar-refractivity contribution in [2.45, 2.75) is 45.6 Å². The molecule has 17 heavy (non-hydrogen) atoms. The lowest BCUT2D eigenvalue weighted by Crippen LogP contribution is -2.17. The summed E-state index contributed by atoms with van der Waals surface area (Å²) < 4.78 is 25.6. The third-order valence-corrected chi connectivity index (χ3v) is 2.72. The van der Waals surface area contributed by atoms with Crippen molar-refractivity contribution >= 4 is 0 Å². The van der Waals surface area contributed by atoms with Gasteiger partial charge in [-0.3, -0.25) is 0 Å². The highest BCUT2D eigenvalue weighted by Gasteiger charge is 2.26. The second-order valence-electron chi connectivity index (χ2n) is 5.02. The first-order chi connectivity index (χ1) is 7.64. The van der Waals surface area contributed by atoms with Crippen LogP contribution in [0.1, 0.15) is 56.7 Å². The van der Waals surface area contributed by atoms with E-state index in [1.54, 1.807) is 6.07 Å². The Kier molecular flexibility index (Phi) is 3.77. The Bertz CT molecular complexity index is 407. The second kappa shape index (κ2) is 4.61. The number of aliphatic hydroxyl groups is 1. The minimum Gasteiger partial charge on any atom is -0.507 e. The van der Waals surface area contributed by atoms with Crippen LogP contribution in [0.15, 0.2) is 12.1 Å². The molecule has 0 amide bonds. The molecule has 0 spiro atoms. The van der Waals surface area contributed by atoms with Crippen LogP contribution in [0.4, 0.5) is 8.78 Å². The van der Waals surface area contributed by atoms with E-state index in [0.717, 1.165) is 0 Å². The Labute approximate surface area is 99.9 Å². The van der Waals surface area contributed by atoms with E-state index in [9.17, 15) is 19.0 Å².